The number of rotatable bonds is 13. The molecule has 1 saturated carbocycles. The first kappa shape index (κ1) is 32.6. The molecule has 2 aromatic rings. The molecule has 2 atom stereocenters. The lowest BCUT2D eigenvalue weighted by Gasteiger charge is -2.39. The number of nitriles is 1. The molecule has 1 aliphatic rings. The van der Waals surface area contributed by atoms with Crippen LogP contribution in [0.25, 0.3) is 12.2 Å². The van der Waals surface area contributed by atoms with Gasteiger partial charge in [-0.1, -0.05) is 50.3 Å². The molecule has 1 aromatic heterocycles. The molecular weight excluding hydrogens is 526 g/mol. The minimum absolute atomic E-state index is 0.0717. The number of nitrogens with zero attached hydrogens (tertiary/aromatic N) is 3. The van der Waals surface area contributed by atoms with E-state index in [1.807, 2.05) is 51.1 Å². The zero-order chi connectivity index (χ0) is 30.7. The quantitative estimate of drug-likeness (QED) is 0.203. The van der Waals surface area contributed by atoms with Crippen molar-refractivity contribution in [2.75, 3.05) is 25.1 Å². The zero-order valence-electron chi connectivity index (χ0n) is 25.8. The lowest BCUT2D eigenvalue weighted by molar-refractivity contribution is -0.124. The Morgan fingerprint density at radius 2 is 2.05 bits per heavy atom. The van der Waals surface area contributed by atoms with E-state index in [0.29, 0.717) is 49.2 Å². The summed E-state index contributed by atoms with van der Waals surface area (Å²) < 4.78 is 12.0. The van der Waals surface area contributed by atoms with E-state index in [0.717, 1.165) is 52.9 Å². The number of allylic oxidation sites excluding steroid dienone is 1. The second-order valence-electron chi connectivity index (χ2n) is 11.3. The maximum Gasteiger partial charge on any atom is 0.222 e. The molecule has 8 heteroatoms. The maximum atomic E-state index is 12.4. The highest BCUT2D eigenvalue weighted by Crippen LogP contribution is 2.38. The average Bonchev–Trinajstić information content (AvgIpc) is 2.95. The molecule has 3 rings (SSSR count). The van der Waals surface area contributed by atoms with Crippen molar-refractivity contribution < 1.29 is 14.3 Å². The summed E-state index contributed by atoms with van der Waals surface area (Å²) in [5, 5.41) is 26.0. The standard InChI is InChI=1S/C34H45N5O3/c1-8-27-17-23(3)19-34(7,20-27)42-15-13-32(40)36-14-16-41-24(4)18-31-30(9-2)26(6)38-39-33(31)37-22-29-12-10-11-28(21-35)25(29)5/h9-12,18,27H,3-4,8,13-17,19-20,22H2,1-2,5-7H3,(H,36,40)(H,37,39)/b30-9-,31-18+. The fourth-order valence-corrected chi connectivity index (χ4v) is 5.59. The van der Waals surface area contributed by atoms with Crippen LogP contribution in [0.15, 0.2) is 42.7 Å². The van der Waals surface area contributed by atoms with Gasteiger partial charge in [0.2, 0.25) is 5.91 Å². The van der Waals surface area contributed by atoms with Crippen LogP contribution in [0.1, 0.15) is 75.3 Å². The molecule has 1 heterocycles. The van der Waals surface area contributed by atoms with E-state index < -0.39 is 0 Å². The molecule has 0 radical (unpaired) electrons. The van der Waals surface area contributed by atoms with Gasteiger partial charge in [-0.15, -0.1) is 5.10 Å². The summed E-state index contributed by atoms with van der Waals surface area (Å²) in [6.07, 6.45) is 8.16. The highest BCUT2D eigenvalue weighted by molar-refractivity contribution is 5.75. The van der Waals surface area contributed by atoms with Gasteiger partial charge in [-0.3, -0.25) is 4.79 Å². The van der Waals surface area contributed by atoms with Crippen molar-refractivity contribution in [3.63, 3.8) is 0 Å². The van der Waals surface area contributed by atoms with Gasteiger partial charge < -0.3 is 20.1 Å². The number of ether oxygens (including phenoxy) is 2. The van der Waals surface area contributed by atoms with Gasteiger partial charge in [0.25, 0.3) is 0 Å². The van der Waals surface area contributed by atoms with Crippen LogP contribution in [0, 0.1) is 31.1 Å². The summed E-state index contributed by atoms with van der Waals surface area (Å²) in [6.45, 7) is 19.9. The van der Waals surface area contributed by atoms with Crippen molar-refractivity contribution in [2.45, 2.75) is 78.9 Å². The molecule has 1 aromatic carbocycles. The van der Waals surface area contributed by atoms with Gasteiger partial charge >= 0.3 is 0 Å². The molecule has 8 nitrogen and oxygen atoms in total. The first-order valence-corrected chi connectivity index (χ1v) is 14.7. The Hall–Kier alpha value is -3.96. The summed E-state index contributed by atoms with van der Waals surface area (Å²) in [7, 11) is 0. The summed E-state index contributed by atoms with van der Waals surface area (Å²) in [4.78, 5) is 12.4. The normalized spacial score (nSPS) is 19.3. The van der Waals surface area contributed by atoms with Crippen molar-refractivity contribution in [2.24, 2.45) is 5.92 Å². The molecule has 0 spiro atoms. The van der Waals surface area contributed by atoms with Crippen LogP contribution in [0.4, 0.5) is 5.82 Å². The number of nitrogens with one attached hydrogen (secondary N) is 2. The Bertz CT molecular complexity index is 1460. The largest absolute Gasteiger partial charge is 0.492 e. The number of anilines is 1. The smallest absolute Gasteiger partial charge is 0.222 e. The second-order valence-corrected chi connectivity index (χ2v) is 11.3. The average molecular weight is 572 g/mol. The fraction of sp³-hybridized carbons (Fsp3) is 0.471. The van der Waals surface area contributed by atoms with Gasteiger partial charge in [0.05, 0.1) is 36.1 Å². The minimum atomic E-state index is -0.241. The predicted molar refractivity (Wildman–Crippen MR) is 168 cm³/mol. The fourth-order valence-electron chi connectivity index (χ4n) is 5.59. The van der Waals surface area contributed by atoms with E-state index in [1.165, 1.54) is 5.57 Å². The molecule has 224 valence electrons. The highest BCUT2D eigenvalue weighted by atomic mass is 16.5. The molecule has 0 aliphatic heterocycles. The van der Waals surface area contributed by atoms with E-state index in [-0.39, 0.29) is 18.1 Å². The summed E-state index contributed by atoms with van der Waals surface area (Å²) in [5.74, 6) is 1.57. The molecule has 0 bridgehead atoms. The number of benzene rings is 1. The number of hydrogen-bond donors (Lipinski definition) is 2. The number of aryl methyl sites for hydroxylation is 1. The van der Waals surface area contributed by atoms with Gasteiger partial charge in [-0.05, 0) is 76.1 Å². The number of amides is 1. The van der Waals surface area contributed by atoms with Crippen LogP contribution in [0.3, 0.4) is 0 Å². The molecular formula is C34H45N5O3. The van der Waals surface area contributed by atoms with Crippen LogP contribution in [-0.2, 0) is 20.8 Å². The lowest BCUT2D eigenvalue weighted by atomic mass is 9.76. The molecule has 2 unspecified atom stereocenters. The number of hydrogen-bond acceptors (Lipinski definition) is 7. The monoisotopic (exact) mass is 571 g/mol. The van der Waals surface area contributed by atoms with E-state index in [2.05, 4.69) is 53.9 Å². The third-order valence-electron chi connectivity index (χ3n) is 7.83. The number of carbonyl (C=O) groups excluding carboxylic acids is 1. The van der Waals surface area contributed by atoms with Crippen molar-refractivity contribution in [3.05, 3.63) is 75.5 Å². The van der Waals surface area contributed by atoms with Crippen LogP contribution >= 0.6 is 0 Å². The number of carbonyl (C=O) groups is 1. The molecule has 2 N–H and O–H groups in total. The lowest BCUT2D eigenvalue weighted by Crippen LogP contribution is -2.37. The van der Waals surface area contributed by atoms with Crippen LogP contribution in [0.2, 0.25) is 0 Å². The van der Waals surface area contributed by atoms with Crippen LogP contribution in [0.5, 0.6) is 0 Å². The molecule has 1 fully saturated rings. The predicted octanol–water partition coefficient (Wildman–Crippen LogP) is 4.74. The molecule has 0 saturated heterocycles. The van der Waals surface area contributed by atoms with E-state index in [4.69, 9.17) is 9.47 Å². The maximum absolute atomic E-state index is 12.4. The Morgan fingerprint density at radius 1 is 1.26 bits per heavy atom. The van der Waals surface area contributed by atoms with Crippen molar-refractivity contribution >= 4 is 23.9 Å². The number of aromatic nitrogens is 2. The van der Waals surface area contributed by atoms with E-state index in [1.54, 1.807) is 0 Å². The van der Waals surface area contributed by atoms with Crippen LogP contribution < -0.4 is 21.1 Å². The Balaban J connectivity index is 1.53. The first-order chi connectivity index (χ1) is 20.1. The van der Waals surface area contributed by atoms with Crippen LogP contribution in [-0.4, -0.2) is 41.5 Å². The zero-order valence-corrected chi connectivity index (χ0v) is 25.8. The Morgan fingerprint density at radius 3 is 2.76 bits per heavy atom. The molecule has 1 amide bonds. The van der Waals surface area contributed by atoms with Crippen molar-refractivity contribution in [1.82, 2.24) is 15.5 Å². The topological polar surface area (TPSA) is 109 Å². The van der Waals surface area contributed by atoms with Gasteiger partial charge in [0, 0.05) is 23.4 Å². The Kier molecular flexibility index (Phi) is 11.9. The SMILES string of the molecule is C=C1CC(CC)CC(C)(OCCC(=O)NCCOC(=C)/C=c2/c(NCc3cccc(C#N)c3C)nnc(C)/c2=C/C)C1. The third-order valence-corrected chi connectivity index (χ3v) is 7.83. The Labute approximate surface area is 250 Å². The summed E-state index contributed by atoms with van der Waals surface area (Å²) in [5.41, 5.74) is 4.37. The minimum Gasteiger partial charge on any atom is -0.492 e. The van der Waals surface area contributed by atoms with Gasteiger partial charge in [-0.25, -0.2) is 0 Å². The first-order valence-electron chi connectivity index (χ1n) is 14.7. The van der Waals surface area contributed by atoms with E-state index >= 15 is 0 Å². The second kappa shape index (κ2) is 15.3. The van der Waals surface area contributed by atoms with Crippen molar-refractivity contribution in [3.8, 4) is 6.07 Å². The molecule has 42 heavy (non-hydrogen) atoms. The van der Waals surface area contributed by atoms with Gasteiger partial charge in [0.15, 0.2) is 5.82 Å². The van der Waals surface area contributed by atoms with Gasteiger partial charge in [0.1, 0.15) is 12.4 Å². The highest BCUT2D eigenvalue weighted by Gasteiger charge is 2.34. The van der Waals surface area contributed by atoms with Crippen molar-refractivity contribution in [1.29, 1.82) is 5.26 Å². The summed E-state index contributed by atoms with van der Waals surface area (Å²) >= 11 is 0. The molecule has 1 aliphatic carbocycles. The summed E-state index contributed by atoms with van der Waals surface area (Å²) in [6, 6.07) is 7.89. The van der Waals surface area contributed by atoms with E-state index in [9.17, 15) is 10.1 Å². The third kappa shape index (κ3) is 9.02. The van der Waals surface area contributed by atoms with Gasteiger partial charge in [-0.2, -0.15) is 10.4 Å².